The lowest BCUT2D eigenvalue weighted by Crippen LogP contribution is -2.26. The average Bonchev–Trinajstić information content (AvgIpc) is 3.24. The quantitative estimate of drug-likeness (QED) is 0.264. The Hall–Kier alpha value is -3.01. The van der Waals surface area contributed by atoms with Crippen LogP contribution in [0.25, 0.3) is 0 Å². The molecule has 0 saturated heterocycles. The lowest BCUT2D eigenvalue weighted by molar-refractivity contribution is -0.118. The van der Waals surface area contributed by atoms with Crippen LogP contribution in [0.3, 0.4) is 0 Å². The molecule has 1 aliphatic carbocycles. The van der Waals surface area contributed by atoms with E-state index in [1.807, 2.05) is 0 Å². The Bertz CT molecular complexity index is 1030. The molecule has 1 saturated carbocycles. The summed E-state index contributed by atoms with van der Waals surface area (Å²) in [7, 11) is -3.32. The van der Waals surface area contributed by atoms with Crippen LogP contribution in [0, 0.1) is 5.92 Å². The monoisotopic (exact) mass is 431 g/mol. The predicted octanol–water partition coefficient (Wildman–Crippen LogP) is 2.28. The molecule has 1 amide bonds. The van der Waals surface area contributed by atoms with Gasteiger partial charge in [0.05, 0.1) is 10.8 Å². The van der Waals surface area contributed by atoms with Gasteiger partial charge in [-0.3, -0.25) is 4.79 Å². The van der Waals surface area contributed by atoms with Gasteiger partial charge in [0.25, 0.3) is 0 Å². The van der Waals surface area contributed by atoms with Crippen LogP contribution in [0.2, 0.25) is 0 Å². The van der Waals surface area contributed by atoms with Gasteiger partial charge < -0.3 is 16.3 Å². The summed E-state index contributed by atoms with van der Waals surface area (Å²) < 4.78 is 23.5. The van der Waals surface area contributed by atoms with Crippen molar-refractivity contribution >= 4 is 27.4 Å². The number of nitrogens with zero attached hydrogens (tertiary/aromatic N) is 3. The fourth-order valence-corrected chi connectivity index (χ4v) is 4.42. The van der Waals surface area contributed by atoms with Gasteiger partial charge in [-0.05, 0) is 30.0 Å². The highest BCUT2D eigenvalue weighted by Crippen LogP contribution is 2.35. The van der Waals surface area contributed by atoms with Crippen LogP contribution in [-0.2, 0) is 14.6 Å². The molecule has 160 valence electrons. The third kappa shape index (κ3) is 5.12. The minimum absolute atomic E-state index is 0.0698. The van der Waals surface area contributed by atoms with Crippen LogP contribution >= 0.6 is 0 Å². The van der Waals surface area contributed by atoms with Crippen molar-refractivity contribution in [3.8, 4) is 0 Å². The zero-order valence-corrected chi connectivity index (χ0v) is 17.5. The molecule has 2 aromatic rings. The Labute approximate surface area is 175 Å². The summed E-state index contributed by atoms with van der Waals surface area (Å²) in [6.07, 6.45) is 8.97. The maximum absolute atomic E-state index is 13.2. The zero-order chi connectivity index (χ0) is 21.7. The average molecular weight is 432 g/mol. The molecule has 0 aliphatic heterocycles. The summed E-state index contributed by atoms with van der Waals surface area (Å²) in [5.41, 5.74) is 6.43. The summed E-state index contributed by atoms with van der Waals surface area (Å²) in [4.78, 5) is 21.5. The standard InChI is InChI=1S/C20H25N5O4S/c1-30(28,29)15-8-6-14(7-9-15)16(12-13-4-2-3-5-13)20(26)24-19-17(18(21)25-27)22-10-11-23-19/h6-11,13,16,27H,2-5,12H2,1H3,(H2,21,25)(H,23,24,26)/t16-/m1/s1. The number of oxime groups is 1. The first-order chi connectivity index (χ1) is 14.3. The molecule has 1 aromatic heterocycles. The van der Waals surface area contributed by atoms with Crippen LogP contribution < -0.4 is 11.1 Å². The molecule has 0 radical (unpaired) electrons. The van der Waals surface area contributed by atoms with E-state index in [0.29, 0.717) is 12.3 Å². The van der Waals surface area contributed by atoms with Gasteiger partial charge in [0.1, 0.15) is 0 Å². The Kier molecular flexibility index (Phi) is 6.66. The molecule has 3 rings (SSSR count). The van der Waals surface area contributed by atoms with E-state index in [9.17, 15) is 13.2 Å². The van der Waals surface area contributed by atoms with E-state index in [4.69, 9.17) is 10.9 Å². The van der Waals surface area contributed by atoms with Crippen molar-refractivity contribution in [3.05, 3.63) is 47.9 Å². The normalized spacial score (nSPS) is 16.4. The highest BCUT2D eigenvalue weighted by molar-refractivity contribution is 7.90. The van der Waals surface area contributed by atoms with E-state index in [0.717, 1.165) is 37.5 Å². The van der Waals surface area contributed by atoms with Crippen molar-refractivity contribution in [2.24, 2.45) is 16.8 Å². The van der Waals surface area contributed by atoms with Crippen LogP contribution in [0.4, 0.5) is 5.82 Å². The Balaban J connectivity index is 1.90. The van der Waals surface area contributed by atoms with E-state index in [2.05, 4.69) is 20.4 Å². The molecule has 1 aromatic carbocycles. The highest BCUT2D eigenvalue weighted by Gasteiger charge is 2.28. The first-order valence-corrected chi connectivity index (χ1v) is 11.6. The number of amidine groups is 1. The van der Waals surface area contributed by atoms with Crippen molar-refractivity contribution in [3.63, 3.8) is 0 Å². The maximum Gasteiger partial charge on any atom is 0.233 e. The minimum atomic E-state index is -3.32. The van der Waals surface area contributed by atoms with Gasteiger partial charge >= 0.3 is 0 Å². The SMILES string of the molecule is CS(=O)(=O)c1ccc([C@@H](CC2CCCC2)C(=O)Nc2nccnc2C(N)=NO)cc1. The largest absolute Gasteiger partial charge is 0.409 e. The van der Waals surface area contributed by atoms with E-state index in [-0.39, 0.29) is 28.2 Å². The molecule has 9 nitrogen and oxygen atoms in total. The van der Waals surface area contributed by atoms with Crippen molar-refractivity contribution in [2.75, 3.05) is 11.6 Å². The summed E-state index contributed by atoms with van der Waals surface area (Å²) in [6.45, 7) is 0. The van der Waals surface area contributed by atoms with Crippen molar-refractivity contribution in [1.82, 2.24) is 9.97 Å². The number of benzene rings is 1. The van der Waals surface area contributed by atoms with E-state index in [1.54, 1.807) is 12.1 Å². The number of hydrogen-bond acceptors (Lipinski definition) is 7. The van der Waals surface area contributed by atoms with E-state index < -0.39 is 15.8 Å². The Morgan fingerprint density at radius 2 is 1.87 bits per heavy atom. The van der Waals surface area contributed by atoms with Gasteiger partial charge in [-0.25, -0.2) is 18.4 Å². The van der Waals surface area contributed by atoms with Gasteiger partial charge in [0.15, 0.2) is 27.2 Å². The summed E-state index contributed by atoms with van der Waals surface area (Å²) in [5.74, 6) is -0.545. The molecule has 1 heterocycles. The van der Waals surface area contributed by atoms with Crippen LogP contribution in [0.1, 0.15) is 49.3 Å². The molecule has 30 heavy (non-hydrogen) atoms. The van der Waals surface area contributed by atoms with Crippen LogP contribution in [0.15, 0.2) is 46.7 Å². The number of aromatic nitrogens is 2. The third-order valence-electron chi connectivity index (χ3n) is 5.36. The number of carbonyl (C=O) groups is 1. The van der Waals surface area contributed by atoms with Crippen molar-refractivity contribution < 1.29 is 18.4 Å². The molecular weight excluding hydrogens is 406 g/mol. The topological polar surface area (TPSA) is 148 Å². The zero-order valence-electron chi connectivity index (χ0n) is 16.7. The van der Waals surface area contributed by atoms with Gasteiger partial charge in [0, 0.05) is 18.6 Å². The number of carbonyl (C=O) groups excluding carboxylic acids is 1. The highest BCUT2D eigenvalue weighted by atomic mass is 32.2. The van der Waals surface area contributed by atoms with Gasteiger partial charge in [0.2, 0.25) is 5.91 Å². The van der Waals surface area contributed by atoms with E-state index >= 15 is 0 Å². The summed E-state index contributed by atoms with van der Waals surface area (Å²) >= 11 is 0. The number of nitrogens with two attached hydrogens (primary N) is 1. The van der Waals surface area contributed by atoms with Crippen LogP contribution in [-0.4, -0.2) is 41.6 Å². The molecule has 4 N–H and O–H groups in total. The van der Waals surface area contributed by atoms with Crippen LogP contribution in [0.5, 0.6) is 0 Å². The molecule has 1 aliphatic rings. The van der Waals surface area contributed by atoms with Gasteiger partial charge in [-0.1, -0.05) is 43.0 Å². The number of hydrogen-bond donors (Lipinski definition) is 3. The number of nitrogens with one attached hydrogen (secondary N) is 1. The molecule has 1 fully saturated rings. The number of rotatable bonds is 7. The molecule has 10 heteroatoms. The number of amides is 1. The molecule has 0 bridgehead atoms. The fourth-order valence-electron chi connectivity index (χ4n) is 3.79. The third-order valence-corrected chi connectivity index (χ3v) is 6.49. The predicted molar refractivity (Wildman–Crippen MR) is 112 cm³/mol. The summed E-state index contributed by atoms with van der Waals surface area (Å²) in [5, 5.41) is 14.6. The second-order valence-corrected chi connectivity index (χ2v) is 9.52. The minimum Gasteiger partial charge on any atom is -0.409 e. The Morgan fingerprint density at radius 3 is 2.47 bits per heavy atom. The maximum atomic E-state index is 13.2. The smallest absolute Gasteiger partial charge is 0.233 e. The van der Waals surface area contributed by atoms with Gasteiger partial charge in [-0.2, -0.15) is 0 Å². The van der Waals surface area contributed by atoms with Crippen molar-refractivity contribution in [1.29, 1.82) is 0 Å². The molecular formula is C20H25N5O4S. The second-order valence-electron chi connectivity index (χ2n) is 7.51. The second kappa shape index (κ2) is 9.21. The Morgan fingerprint density at radius 1 is 1.23 bits per heavy atom. The number of anilines is 1. The summed E-state index contributed by atoms with van der Waals surface area (Å²) in [6, 6.07) is 6.39. The molecule has 0 unspecified atom stereocenters. The lowest BCUT2D eigenvalue weighted by Gasteiger charge is -2.21. The molecule has 1 atom stereocenters. The van der Waals surface area contributed by atoms with E-state index in [1.165, 1.54) is 24.5 Å². The number of sulfone groups is 1. The fraction of sp³-hybridized carbons (Fsp3) is 0.400. The van der Waals surface area contributed by atoms with Gasteiger partial charge in [-0.15, -0.1) is 0 Å². The molecule has 0 spiro atoms. The van der Waals surface area contributed by atoms with Crippen molar-refractivity contribution in [2.45, 2.75) is 42.9 Å². The lowest BCUT2D eigenvalue weighted by atomic mass is 9.87. The first-order valence-electron chi connectivity index (χ1n) is 9.69. The first kappa shape index (κ1) is 21.7.